The van der Waals surface area contributed by atoms with Gasteiger partial charge in [-0.2, -0.15) is 5.10 Å². The third kappa shape index (κ3) is 3.30. The first-order valence-corrected chi connectivity index (χ1v) is 4.88. The Morgan fingerprint density at radius 2 is 1.88 bits per heavy atom. The van der Waals surface area contributed by atoms with Gasteiger partial charge in [0.15, 0.2) is 0 Å². The summed E-state index contributed by atoms with van der Waals surface area (Å²) in [5.74, 6) is -0.654. The van der Waals surface area contributed by atoms with Gasteiger partial charge in [-0.3, -0.25) is 4.79 Å². The van der Waals surface area contributed by atoms with Crippen LogP contribution >= 0.6 is 0 Å². The van der Waals surface area contributed by atoms with Gasteiger partial charge >= 0.3 is 0 Å². The number of benzene rings is 1. The van der Waals surface area contributed by atoms with Crippen LogP contribution in [-0.2, 0) is 0 Å². The molecule has 0 aliphatic carbocycles. The smallest absolute Gasteiger partial charge is 0.275 e. The fourth-order valence-electron chi connectivity index (χ4n) is 1.01. The Labute approximate surface area is 98.3 Å². The third-order valence-corrected chi connectivity index (χ3v) is 2.15. The molecule has 0 fully saturated rings. The van der Waals surface area contributed by atoms with E-state index in [0.29, 0.717) is 11.4 Å². The lowest BCUT2D eigenvalue weighted by molar-refractivity contribution is 0.0952. The molecule has 0 heterocycles. The van der Waals surface area contributed by atoms with Crippen molar-refractivity contribution in [3.63, 3.8) is 0 Å². The number of para-hydroxylation sites is 1. The number of nitrogens with one attached hydrogen (secondary N) is 1. The van der Waals surface area contributed by atoms with Crippen molar-refractivity contribution in [3.05, 3.63) is 29.8 Å². The highest BCUT2D eigenvalue weighted by Gasteiger charge is 2.09. The van der Waals surface area contributed by atoms with E-state index in [1.807, 2.05) is 0 Å². The van der Waals surface area contributed by atoms with E-state index in [2.05, 4.69) is 15.7 Å². The van der Waals surface area contributed by atoms with Crippen LogP contribution in [0.4, 0.5) is 0 Å². The summed E-state index contributed by atoms with van der Waals surface area (Å²) in [5.41, 5.74) is 3.04. The molecule has 17 heavy (non-hydrogen) atoms. The second kappa shape index (κ2) is 5.64. The summed E-state index contributed by atoms with van der Waals surface area (Å²) < 4.78 is 0. The minimum atomic E-state index is -0.534. The van der Waals surface area contributed by atoms with Gasteiger partial charge in [0.05, 0.1) is 17.0 Å². The van der Waals surface area contributed by atoms with E-state index in [1.165, 1.54) is 12.1 Å². The maximum atomic E-state index is 11.6. The minimum absolute atomic E-state index is 0.120. The first kappa shape index (κ1) is 12.7. The zero-order chi connectivity index (χ0) is 12.8. The Morgan fingerprint density at radius 1 is 1.24 bits per heavy atom. The molecule has 0 aliphatic rings. The standard InChI is InChI=1S/C11H13N3O3/c1-7(8(2)14-17)12-13-11(16)9-5-3-4-6-10(9)15/h3-6,15,17H,1-2H3,(H,13,16)/b12-7+,14-8-. The van der Waals surface area contributed by atoms with Crippen LogP contribution in [0.1, 0.15) is 24.2 Å². The lowest BCUT2D eigenvalue weighted by Gasteiger charge is -2.03. The molecule has 1 aromatic rings. The van der Waals surface area contributed by atoms with Crippen LogP contribution in [-0.4, -0.2) is 27.6 Å². The van der Waals surface area contributed by atoms with Gasteiger partial charge in [-0.1, -0.05) is 17.3 Å². The molecule has 0 unspecified atom stereocenters. The molecule has 0 bridgehead atoms. The highest BCUT2D eigenvalue weighted by Crippen LogP contribution is 2.14. The predicted octanol–water partition coefficient (Wildman–Crippen LogP) is 1.35. The number of hydrogen-bond donors (Lipinski definition) is 3. The van der Waals surface area contributed by atoms with E-state index in [0.717, 1.165) is 0 Å². The van der Waals surface area contributed by atoms with Crippen molar-refractivity contribution in [2.75, 3.05) is 0 Å². The summed E-state index contributed by atoms with van der Waals surface area (Å²) >= 11 is 0. The van der Waals surface area contributed by atoms with Crippen molar-refractivity contribution in [1.29, 1.82) is 0 Å². The molecule has 3 N–H and O–H groups in total. The number of rotatable bonds is 3. The summed E-state index contributed by atoms with van der Waals surface area (Å²) in [4.78, 5) is 11.6. The number of phenols is 1. The molecule has 0 aromatic heterocycles. The summed E-state index contributed by atoms with van der Waals surface area (Å²) in [5, 5.41) is 24.6. The third-order valence-electron chi connectivity index (χ3n) is 2.15. The number of nitrogens with zero attached hydrogens (tertiary/aromatic N) is 2. The van der Waals surface area contributed by atoms with E-state index >= 15 is 0 Å². The molecule has 6 heteroatoms. The number of amides is 1. The molecule has 0 saturated carbocycles. The molecular formula is C11H13N3O3. The molecule has 1 aromatic carbocycles. The van der Waals surface area contributed by atoms with Crippen molar-refractivity contribution < 1.29 is 15.1 Å². The van der Waals surface area contributed by atoms with E-state index in [1.54, 1.807) is 26.0 Å². The van der Waals surface area contributed by atoms with Crippen molar-refractivity contribution in [1.82, 2.24) is 5.43 Å². The second-order valence-corrected chi connectivity index (χ2v) is 3.34. The van der Waals surface area contributed by atoms with Crippen molar-refractivity contribution >= 4 is 17.3 Å². The monoisotopic (exact) mass is 235 g/mol. The van der Waals surface area contributed by atoms with E-state index in [9.17, 15) is 9.90 Å². The van der Waals surface area contributed by atoms with Crippen molar-refractivity contribution in [3.8, 4) is 5.75 Å². The molecule has 1 rings (SSSR count). The number of carbonyl (C=O) groups is 1. The van der Waals surface area contributed by atoms with Crippen LogP contribution in [0.5, 0.6) is 5.75 Å². The highest BCUT2D eigenvalue weighted by molar-refractivity contribution is 6.40. The van der Waals surface area contributed by atoms with E-state index in [-0.39, 0.29) is 11.3 Å². The van der Waals surface area contributed by atoms with Crippen LogP contribution in [0, 0.1) is 0 Å². The topological polar surface area (TPSA) is 94.3 Å². The Morgan fingerprint density at radius 3 is 2.47 bits per heavy atom. The number of carbonyl (C=O) groups excluding carboxylic acids is 1. The summed E-state index contributed by atoms with van der Waals surface area (Å²) in [6.45, 7) is 3.13. The first-order valence-electron chi connectivity index (χ1n) is 4.88. The predicted molar refractivity (Wildman–Crippen MR) is 63.6 cm³/mol. The Bertz CT molecular complexity index is 481. The maximum Gasteiger partial charge on any atom is 0.275 e. The molecule has 90 valence electrons. The van der Waals surface area contributed by atoms with Gasteiger partial charge in [0.2, 0.25) is 0 Å². The van der Waals surface area contributed by atoms with Gasteiger partial charge < -0.3 is 10.3 Å². The largest absolute Gasteiger partial charge is 0.507 e. The van der Waals surface area contributed by atoms with Gasteiger partial charge in [-0.05, 0) is 26.0 Å². The van der Waals surface area contributed by atoms with Crippen molar-refractivity contribution in [2.45, 2.75) is 13.8 Å². The van der Waals surface area contributed by atoms with Gasteiger partial charge in [0.25, 0.3) is 5.91 Å². The quantitative estimate of drug-likeness (QED) is 0.419. The van der Waals surface area contributed by atoms with Crippen LogP contribution < -0.4 is 5.43 Å². The fraction of sp³-hybridized carbons (Fsp3) is 0.182. The lowest BCUT2D eigenvalue weighted by atomic mass is 10.2. The maximum absolute atomic E-state index is 11.6. The lowest BCUT2D eigenvalue weighted by Crippen LogP contribution is -2.21. The zero-order valence-electron chi connectivity index (χ0n) is 9.51. The summed E-state index contributed by atoms with van der Waals surface area (Å²) in [6, 6.07) is 6.13. The molecule has 0 atom stereocenters. The summed E-state index contributed by atoms with van der Waals surface area (Å²) in [7, 11) is 0. The number of hydrazone groups is 1. The molecule has 0 saturated heterocycles. The van der Waals surface area contributed by atoms with E-state index < -0.39 is 5.91 Å². The van der Waals surface area contributed by atoms with Crippen LogP contribution in [0.2, 0.25) is 0 Å². The Kier molecular flexibility index (Phi) is 4.21. The number of aromatic hydroxyl groups is 1. The minimum Gasteiger partial charge on any atom is -0.507 e. The van der Waals surface area contributed by atoms with Gasteiger partial charge in [-0.25, -0.2) is 5.43 Å². The SMILES string of the molecule is CC(=N/O)/C(C)=N/NC(=O)c1ccccc1O. The Hall–Kier alpha value is -2.37. The van der Waals surface area contributed by atoms with Gasteiger partial charge in [-0.15, -0.1) is 0 Å². The van der Waals surface area contributed by atoms with E-state index in [4.69, 9.17) is 5.21 Å². The highest BCUT2D eigenvalue weighted by atomic mass is 16.4. The van der Waals surface area contributed by atoms with Crippen LogP contribution in [0.25, 0.3) is 0 Å². The van der Waals surface area contributed by atoms with Crippen molar-refractivity contribution in [2.24, 2.45) is 10.3 Å². The Balaban J connectivity index is 2.78. The molecule has 6 nitrogen and oxygen atoms in total. The van der Waals surface area contributed by atoms with Crippen LogP contribution in [0.3, 0.4) is 0 Å². The number of phenolic OH excluding ortho intramolecular Hbond substituents is 1. The molecular weight excluding hydrogens is 222 g/mol. The first-order chi connectivity index (χ1) is 8.06. The van der Waals surface area contributed by atoms with Crippen LogP contribution in [0.15, 0.2) is 34.5 Å². The molecule has 0 aliphatic heterocycles. The molecule has 1 amide bonds. The summed E-state index contributed by atoms with van der Waals surface area (Å²) in [6.07, 6.45) is 0. The fourth-order valence-corrected chi connectivity index (χ4v) is 1.01. The zero-order valence-corrected chi connectivity index (χ0v) is 9.51. The molecule has 0 spiro atoms. The average Bonchev–Trinajstić information content (AvgIpc) is 2.35. The van der Waals surface area contributed by atoms with Gasteiger partial charge in [0.1, 0.15) is 5.75 Å². The second-order valence-electron chi connectivity index (χ2n) is 3.34. The normalized spacial score (nSPS) is 12.4. The number of hydrogen-bond acceptors (Lipinski definition) is 5. The number of oxime groups is 1. The average molecular weight is 235 g/mol. The molecule has 0 radical (unpaired) electrons. The van der Waals surface area contributed by atoms with Gasteiger partial charge in [0, 0.05) is 0 Å².